The molecule has 0 spiro atoms. The zero-order valence-electron chi connectivity index (χ0n) is 9.70. The van der Waals surface area contributed by atoms with Crippen LogP contribution in [-0.4, -0.2) is 34.5 Å². The molecule has 0 aliphatic carbocycles. The molecule has 0 saturated heterocycles. The molecule has 2 amide bonds. The maximum Gasteiger partial charge on any atom is 0.293 e. The van der Waals surface area contributed by atoms with Gasteiger partial charge < -0.3 is 21.9 Å². The van der Waals surface area contributed by atoms with Crippen molar-refractivity contribution >= 4 is 23.2 Å². The van der Waals surface area contributed by atoms with Gasteiger partial charge in [0.2, 0.25) is 11.8 Å². The summed E-state index contributed by atoms with van der Waals surface area (Å²) in [7, 11) is 0. The molecule has 102 valence electrons. The van der Waals surface area contributed by atoms with Gasteiger partial charge >= 0.3 is 0 Å². The van der Waals surface area contributed by atoms with Crippen LogP contribution in [0.25, 0.3) is 0 Å². The van der Waals surface area contributed by atoms with Gasteiger partial charge in [-0.25, -0.2) is 0 Å². The third-order valence-corrected chi connectivity index (χ3v) is 2.29. The molecule has 0 heterocycles. The molecule has 1 unspecified atom stereocenters. The molecular formula is C10H12N4O5. The lowest BCUT2D eigenvalue weighted by atomic mass is 10.1. The standard InChI is InChI=1S/C10H12N4O5/c11-9(16)5-1-2-6(7(3-5)14(18)19)13-4-8(15)10(12)17/h1-3,8,13,15H,4H2,(H2,11,16)(H2,12,17). The number of benzene rings is 1. The molecule has 19 heavy (non-hydrogen) atoms. The Kier molecular flexibility index (Phi) is 4.37. The Bertz CT molecular complexity index is 531. The minimum absolute atomic E-state index is 0.0206. The van der Waals surface area contributed by atoms with Gasteiger partial charge in [-0.1, -0.05) is 0 Å². The van der Waals surface area contributed by atoms with E-state index in [1.165, 1.54) is 12.1 Å². The number of carbonyl (C=O) groups is 2. The first-order valence-electron chi connectivity index (χ1n) is 5.12. The van der Waals surface area contributed by atoms with Gasteiger partial charge in [0, 0.05) is 11.6 Å². The first-order chi connectivity index (χ1) is 8.82. The van der Waals surface area contributed by atoms with Crippen LogP contribution in [-0.2, 0) is 4.79 Å². The molecule has 0 bridgehead atoms. The Morgan fingerprint density at radius 2 is 2.05 bits per heavy atom. The first kappa shape index (κ1) is 14.4. The number of nitro groups is 1. The van der Waals surface area contributed by atoms with Crippen molar-refractivity contribution in [2.75, 3.05) is 11.9 Å². The third-order valence-electron chi connectivity index (χ3n) is 2.29. The number of hydrogen-bond donors (Lipinski definition) is 4. The molecule has 0 aliphatic heterocycles. The van der Waals surface area contributed by atoms with Crippen molar-refractivity contribution in [2.24, 2.45) is 11.5 Å². The first-order valence-corrected chi connectivity index (χ1v) is 5.12. The Morgan fingerprint density at radius 3 is 2.53 bits per heavy atom. The van der Waals surface area contributed by atoms with Crippen molar-refractivity contribution in [1.29, 1.82) is 0 Å². The fraction of sp³-hybridized carbons (Fsp3) is 0.200. The molecule has 1 rings (SSSR count). The lowest BCUT2D eigenvalue weighted by Crippen LogP contribution is -2.34. The highest BCUT2D eigenvalue weighted by molar-refractivity contribution is 5.94. The summed E-state index contributed by atoms with van der Waals surface area (Å²) in [5.74, 6) is -1.75. The summed E-state index contributed by atoms with van der Waals surface area (Å²) in [4.78, 5) is 31.7. The van der Waals surface area contributed by atoms with Crippen LogP contribution in [0.3, 0.4) is 0 Å². The molecule has 0 aromatic heterocycles. The van der Waals surface area contributed by atoms with E-state index in [4.69, 9.17) is 11.5 Å². The number of nitrogens with one attached hydrogen (secondary N) is 1. The number of nitrogens with zero attached hydrogens (tertiary/aromatic N) is 1. The van der Waals surface area contributed by atoms with Crippen molar-refractivity contribution in [1.82, 2.24) is 0 Å². The van der Waals surface area contributed by atoms with Gasteiger partial charge in [0.25, 0.3) is 5.69 Å². The smallest absolute Gasteiger partial charge is 0.293 e. The highest BCUT2D eigenvalue weighted by Crippen LogP contribution is 2.25. The van der Waals surface area contributed by atoms with Crippen LogP contribution in [0.1, 0.15) is 10.4 Å². The van der Waals surface area contributed by atoms with Crippen LogP contribution < -0.4 is 16.8 Å². The van der Waals surface area contributed by atoms with Crippen LogP contribution in [0, 0.1) is 10.1 Å². The number of carbonyl (C=O) groups excluding carboxylic acids is 2. The minimum atomic E-state index is -1.48. The van der Waals surface area contributed by atoms with Crippen molar-refractivity contribution < 1.29 is 19.6 Å². The summed E-state index contributed by atoms with van der Waals surface area (Å²) < 4.78 is 0. The fourth-order valence-electron chi connectivity index (χ4n) is 1.29. The highest BCUT2D eigenvalue weighted by Gasteiger charge is 2.18. The van der Waals surface area contributed by atoms with Gasteiger partial charge in [0.1, 0.15) is 11.8 Å². The Balaban J connectivity index is 2.97. The van der Waals surface area contributed by atoms with Gasteiger partial charge in [-0.15, -0.1) is 0 Å². The van der Waals surface area contributed by atoms with E-state index in [1.54, 1.807) is 0 Å². The van der Waals surface area contributed by atoms with Crippen molar-refractivity contribution in [3.05, 3.63) is 33.9 Å². The van der Waals surface area contributed by atoms with Gasteiger partial charge in [-0.3, -0.25) is 19.7 Å². The summed E-state index contributed by atoms with van der Waals surface area (Å²) in [6.07, 6.45) is -1.48. The molecule has 9 nitrogen and oxygen atoms in total. The summed E-state index contributed by atoms with van der Waals surface area (Å²) in [5.41, 5.74) is 9.47. The number of amides is 2. The summed E-state index contributed by atoms with van der Waals surface area (Å²) in [6, 6.07) is 3.54. The number of anilines is 1. The molecule has 9 heteroatoms. The van der Waals surface area contributed by atoms with E-state index >= 15 is 0 Å². The number of primary amides is 2. The van der Waals surface area contributed by atoms with Crippen LogP contribution in [0.5, 0.6) is 0 Å². The quantitative estimate of drug-likeness (QED) is 0.380. The maximum atomic E-state index is 10.9. The van der Waals surface area contributed by atoms with E-state index in [0.29, 0.717) is 0 Å². The van der Waals surface area contributed by atoms with Crippen molar-refractivity contribution in [3.63, 3.8) is 0 Å². The predicted molar refractivity (Wildman–Crippen MR) is 65.3 cm³/mol. The summed E-state index contributed by atoms with van der Waals surface area (Å²) in [6.45, 7) is -0.286. The minimum Gasteiger partial charge on any atom is -0.381 e. The highest BCUT2D eigenvalue weighted by atomic mass is 16.6. The lowest BCUT2D eigenvalue weighted by molar-refractivity contribution is -0.384. The lowest BCUT2D eigenvalue weighted by Gasteiger charge is -2.10. The zero-order chi connectivity index (χ0) is 14.6. The second-order valence-electron chi connectivity index (χ2n) is 3.65. The molecule has 6 N–H and O–H groups in total. The van der Waals surface area contributed by atoms with E-state index < -0.39 is 28.5 Å². The average Bonchev–Trinajstić information content (AvgIpc) is 2.35. The van der Waals surface area contributed by atoms with E-state index in [0.717, 1.165) is 6.07 Å². The van der Waals surface area contributed by atoms with Gasteiger partial charge in [0.05, 0.1) is 11.5 Å². The van der Waals surface area contributed by atoms with Gasteiger partial charge in [0.15, 0.2) is 0 Å². The van der Waals surface area contributed by atoms with Crippen LogP contribution in [0.4, 0.5) is 11.4 Å². The monoisotopic (exact) mass is 268 g/mol. The average molecular weight is 268 g/mol. The third kappa shape index (κ3) is 3.64. The summed E-state index contributed by atoms with van der Waals surface area (Å²) >= 11 is 0. The molecule has 1 aromatic carbocycles. The fourth-order valence-corrected chi connectivity index (χ4v) is 1.29. The Labute approximate surface area is 107 Å². The van der Waals surface area contributed by atoms with Gasteiger partial charge in [-0.2, -0.15) is 0 Å². The van der Waals surface area contributed by atoms with E-state index in [1.807, 2.05) is 0 Å². The Hall–Kier alpha value is -2.68. The van der Waals surface area contributed by atoms with Crippen LogP contribution >= 0.6 is 0 Å². The van der Waals surface area contributed by atoms with Crippen molar-refractivity contribution in [2.45, 2.75) is 6.10 Å². The number of hydrogen-bond acceptors (Lipinski definition) is 6. The second kappa shape index (κ2) is 5.78. The van der Waals surface area contributed by atoms with Gasteiger partial charge in [-0.05, 0) is 12.1 Å². The van der Waals surface area contributed by atoms with E-state index in [9.17, 15) is 24.8 Å². The van der Waals surface area contributed by atoms with Crippen LogP contribution in [0.15, 0.2) is 18.2 Å². The molecule has 0 aliphatic rings. The SMILES string of the molecule is NC(=O)c1ccc(NCC(O)C(N)=O)c([N+](=O)[O-])c1. The Morgan fingerprint density at radius 1 is 1.42 bits per heavy atom. The van der Waals surface area contributed by atoms with Crippen LogP contribution in [0.2, 0.25) is 0 Å². The van der Waals surface area contributed by atoms with E-state index in [-0.39, 0.29) is 17.8 Å². The maximum absolute atomic E-state index is 10.9. The predicted octanol–water partition coefficient (Wildman–Crippen LogP) is -1.05. The molecule has 0 saturated carbocycles. The topological polar surface area (TPSA) is 162 Å². The summed E-state index contributed by atoms with van der Waals surface area (Å²) in [5, 5.41) is 22.5. The molecule has 0 radical (unpaired) electrons. The molecule has 0 fully saturated rings. The number of rotatable bonds is 6. The molecular weight excluding hydrogens is 256 g/mol. The molecule has 1 aromatic rings. The number of aliphatic hydroxyl groups excluding tert-OH is 1. The van der Waals surface area contributed by atoms with Crippen molar-refractivity contribution in [3.8, 4) is 0 Å². The van der Waals surface area contributed by atoms with E-state index in [2.05, 4.69) is 5.32 Å². The normalized spacial score (nSPS) is 11.6. The second-order valence-corrected chi connectivity index (χ2v) is 3.65. The largest absolute Gasteiger partial charge is 0.381 e. The molecule has 1 atom stereocenters. The number of nitrogens with two attached hydrogens (primary N) is 2. The number of aliphatic hydroxyl groups is 1. The zero-order valence-corrected chi connectivity index (χ0v) is 9.70. The number of nitro benzene ring substituents is 1.